The molecule has 0 saturated heterocycles. The van der Waals surface area contributed by atoms with E-state index in [9.17, 15) is 4.79 Å². The third kappa shape index (κ3) is 5.22. The molecule has 0 atom stereocenters. The van der Waals surface area contributed by atoms with Crippen molar-refractivity contribution >= 4 is 29.3 Å². The van der Waals surface area contributed by atoms with Crippen molar-refractivity contribution in [2.45, 2.75) is 30.2 Å². The Labute approximate surface area is 186 Å². The molecule has 2 aromatic carbocycles. The monoisotopic (exact) mass is 437 g/mol. The van der Waals surface area contributed by atoms with E-state index in [1.54, 1.807) is 18.0 Å². The van der Waals surface area contributed by atoms with Crippen LogP contribution in [0.1, 0.15) is 32.6 Å². The number of hydrogen-bond acceptors (Lipinski definition) is 4. The molecule has 6 heteroatoms. The van der Waals surface area contributed by atoms with E-state index in [2.05, 4.69) is 21.7 Å². The van der Waals surface area contributed by atoms with Gasteiger partial charge in [-0.2, -0.15) is 0 Å². The van der Waals surface area contributed by atoms with Gasteiger partial charge in [0.05, 0.1) is 10.6 Å². The predicted octanol–water partition coefficient (Wildman–Crippen LogP) is 4.65. The highest BCUT2D eigenvalue weighted by atomic mass is 35.5. The van der Waals surface area contributed by atoms with Crippen molar-refractivity contribution in [3.05, 3.63) is 93.6 Å². The van der Waals surface area contributed by atoms with Crippen LogP contribution < -0.4 is 10.6 Å². The van der Waals surface area contributed by atoms with Crippen LogP contribution in [-0.4, -0.2) is 24.0 Å². The van der Waals surface area contributed by atoms with Gasteiger partial charge in [-0.05, 0) is 66.4 Å². The summed E-state index contributed by atoms with van der Waals surface area (Å²) in [5.41, 5.74) is 5.60. The van der Waals surface area contributed by atoms with E-state index >= 15 is 0 Å². The normalized spacial score (nSPS) is 13.4. The lowest BCUT2D eigenvalue weighted by Crippen LogP contribution is -2.22. The van der Waals surface area contributed by atoms with Crippen molar-refractivity contribution in [1.29, 1.82) is 0 Å². The Hall–Kier alpha value is -2.34. The molecule has 4 nitrogen and oxygen atoms in total. The van der Waals surface area contributed by atoms with Crippen LogP contribution in [0.25, 0.3) is 0 Å². The number of nitrogens with one attached hydrogen (secondary N) is 2. The molecule has 2 N–H and O–H groups in total. The average Bonchev–Trinajstić information content (AvgIpc) is 3.03. The van der Waals surface area contributed by atoms with Crippen molar-refractivity contribution in [2.75, 3.05) is 13.1 Å². The van der Waals surface area contributed by atoms with Gasteiger partial charge in [0.25, 0.3) is 5.91 Å². The van der Waals surface area contributed by atoms with Gasteiger partial charge in [0, 0.05) is 23.5 Å². The fraction of sp³-hybridized carbons (Fsp3) is 0.250. The highest BCUT2D eigenvalue weighted by Crippen LogP contribution is 2.31. The molecule has 1 aliphatic heterocycles. The van der Waals surface area contributed by atoms with Gasteiger partial charge in [0.2, 0.25) is 0 Å². The molecular weight excluding hydrogens is 414 g/mol. The molecule has 0 unspecified atom stereocenters. The molecule has 1 aromatic heterocycles. The smallest absolute Gasteiger partial charge is 0.253 e. The minimum Gasteiger partial charge on any atom is -0.348 e. The molecule has 0 radical (unpaired) electrons. The maximum atomic E-state index is 12.4. The molecule has 2 heterocycles. The van der Waals surface area contributed by atoms with Crippen LogP contribution in [0.15, 0.2) is 65.8 Å². The molecule has 0 fully saturated rings. The summed E-state index contributed by atoms with van der Waals surface area (Å²) in [6.07, 6.45) is 3.68. The van der Waals surface area contributed by atoms with E-state index in [0.29, 0.717) is 12.1 Å². The minimum absolute atomic E-state index is 0.119. The van der Waals surface area contributed by atoms with Crippen molar-refractivity contribution in [1.82, 2.24) is 15.6 Å². The Balaban J connectivity index is 1.38. The predicted molar refractivity (Wildman–Crippen MR) is 123 cm³/mol. The molecule has 1 amide bonds. The van der Waals surface area contributed by atoms with Crippen LogP contribution in [0, 0.1) is 0 Å². The minimum atomic E-state index is -0.119. The molecular formula is C24H24ClN3OS. The van der Waals surface area contributed by atoms with Crippen LogP contribution in [0.2, 0.25) is 5.02 Å². The number of rotatable bonds is 6. The number of carbonyl (C=O) groups excluding carboxylic acids is 1. The molecule has 3 aromatic rings. The van der Waals surface area contributed by atoms with Crippen LogP contribution in [0.4, 0.5) is 0 Å². The van der Waals surface area contributed by atoms with Gasteiger partial charge in [-0.25, -0.2) is 4.98 Å². The second-order valence-corrected chi connectivity index (χ2v) is 8.66. The fourth-order valence-corrected chi connectivity index (χ4v) is 4.84. The van der Waals surface area contributed by atoms with Gasteiger partial charge in [0.1, 0.15) is 0 Å². The first-order valence-electron chi connectivity index (χ1n) is 10.1. The van der Waals surface area contributed by atoms with Crippen molar-refractivity contribution < 1.29 is 4.79 Å². The molecule has 0 bridgehead atoms. The number of thioether (sulfide) groups is 1. The summed E-state index contributed by atoms with van der Waals surface area (Å²) in [7, 11) is 0. The van der Waals surface area contributed by atoms with Crippen molar-refractivity contribution in [3.8, 4) is 0 Å². The standard InChI is InChI=1S/C24H24ClN3OS/c25-22-8-6-18-10-12-26-13-11-20(18)21(22)16-30-23-9-7-19(15-27-23)24(29)28-14-17-4-2-1-3-5-17/h1-9,15,26H,10-14,16H2,(H,28,29). The second kappa shape index (κ2) is 10.1. The highest BCUT2D eigenvalue weighted by Gasteiger charge is 2.15. The number of hydrogen-bond donors (Lipinski definition) is 2. The van der Waals surface area contributed by atoms with E-state index < -0.39 is 0 Å². The first kappa shape index (κ1) is 20.9. The number of nitrogens with zero attached hydrogens (tertiary/aromatic N) is 1. The maximum absolute atomic E-state index is 12.4. The Morgan fingerprint density at radius 2 is 1.90 bits per heavy atom. The molecule has 30 heavy (non-hydrogen) atoms. The van der Waals surface area contributed by atoms with E-state index in [1.165, 1.54) is 16.7 Å². The topological polar surface area (TPSA) is 54.0 Å². The Morgan fingerprint density at radius 3 is 2.70 bits per heavy atom. The zero-order valence-electron chi connectivity index (χ0n) is 16.7. The summed E-state index contributed by atoms with van der Waals surface area (Å²) in [5, 5.41) is 8.09. The summed E-state index contributed by atoms with van der Waals surface area (Å²) < 4.78 is 0. The maximum Gasteiger partial charge on any atom is 0.253 e. The fourth-order valence-electron chi connectivity index (χ4n) is 3.60. The van der Waals surface area contributed by atoms with Crippen LogP contribution >= 0.6 is 23.4 Å². The summed E-state index contributed by atoms with van der Waals surface area (Å²) >= 11 is 8.18. The lowest BCUT2D eigenvalue weighted by Gasteiger charge is -2.14. The third-order valence-electron chi connectivity index (χ3n) is 5.25. The SMILES string of the molecule is O=C(NCc1ccccc1)c1ccc(SCc2c(Cl)ccc3c2CCNCC3)nc1. The average molecular weight is 438 g/mol. The zero-order chi connectivity index (χ0) is 20.8. The van der Waals surface area contributed by atoms with E-state index in [-0.39, 0.29) is 5.91 Å². The van der Waals surface area contributed by atoms with Gasteiger partial charge in [0.15, 0.2) is 0 Å². The quantitative estimate of drug-likeness (QED) is 0.551. The van der Waals surface area contributed by atoms with Crippen LogP contribution in [-0.2, 0) is 25.1 Å². The van der Waals surface area contributed by atoms with Gasteiger partial charge in [-0.15, -0.1) is 11.8 Å². The molecule has 1 aliphatic rings. The van der Waals surface area contributed by atoms with Crippen LogP contribution in [0.5, 0.6) is 0 Å². The number of amides is 1. The van der Waals surface area contributed by atoms with Crippen molar-refractivity contribution in [2.24, 2.45) is 0 Å². The zero-order valence-corrected chi connectivity index (χ0v) is 18.2. The summed E-state index contributed by atoms with van der Waals surface area (Å²) in [4.78, 5) is 16.8. The second-order valence-electron chi connectivity index (χ2n) is 7.26. The summed E-state index contributed by atoms with van der Waals surface area (Å²) in [5.74, 6) is 0.654. The lowest BCUT2D eigenvalue weighted by molar-refractivity contribution is 0.0950. The van der Waals surface area contributed by atoms with Gasteiger partial charge >= 0.3 is 0 Å². The molecule has 0 aliphatic carbocycles. The first-order chi connectivity index (χ1) is 14.7. The molecule has 4 rings (SSSR count). The third-order valence-corrected chi connectivity index (χ3v) is 6.58. The van der Waals surface area contributed by atoms with Crippen molar-refractivity contribution in [3.63, 3.8) is 0 Å². The lowest BCUT2D eigenvalue weighted by atomic mass is 9.98. The largest absolute Gasteiger partial charge is 0.348 e. The number of aromatic nitrogens is 1. The number of pyridine rings is 1. The first-order valence-corrected chi connectivity index (χ1v) is 11.5. The van der Waals surface area contributed by atoms with E-state index in [1.807, 2.05) is 48.5 Å². The molecule has 0 spiro atoms. The number of halogens is 1. The summed E-state index contributed by atoms with van der Waals surface area (Å²) in [6, 6.07) is 17.8. The van der Waals surface area contributed by atoms with Gasteiger partial charge < -0.3 is 10.6 Å². The van der Waals surface area contributed by atoms with E-state index in [4.69, 9.17) is 11.6 Å². The molecule has 0 saturated carbocycles. The Morgan fingerprint density at radius 1 is 1.07 bits per heavy atom. The Kier molecular flexibility index (Phi) is 7.05. The van der Waals surface area contributed by atoms with Gasteiger partial charge in [-0.1, -0.05) is 48.0 Å². The summed E-state index contributed by atoms with van der Waals surface area (Å²) in [6.45, 7) is 2.50. The Bertz CT molecular complexity index is 1010. The number of carbonyl (C=O) groups is 1. The van der Waals surface area contributed by atoms with E-state index in [0.717, 1.165) is 47.3 Å². The van der Waals surface area contributed by atoms with Gasteiger partial charge in [-0.3, -0.25) is 4.79 Å². The molecule has 154 valence electrons. The van der Waals surface area contributed by atoms with Crippen LogP contribution in [0.3, 0.4) is 0 Å². The number of fused-ring (bicyclic) bond motifs is 1. The highest BCUT2D eigenvalue weighted by molar-refractivity contribution is 7.98. The number of benzene rings is 2.